The highest BCUT2D eigenvalue weighted by atomic mass is 16.3. The van der Waals surface area contributed by atoms with E-state index in [1.165, 1.54) is 6.92 Å². The fourth-order valence-electron chi connectivity index (χ4n) is 5.28. The summed E-state index contributed by atoms with van der Waals surface area (Å²) in [6.45, 7) is 7.63. The van der Waals surface area contributed by atoms with Crippen LogP contribution in [0, 0.1) is 29.1 Å². The van der Waals surface area contributed by atoms with Gasteiger partial charge in [-0.1, -0.05) is 44.6 Å². The van der Waals surface area contributed by atoms with Crippen molar-refractivity contribution in [2.75, 3.05) is 0 Å². The summed E-state index contributed by atoms with van der Waals surface area (Å²) in [5, 5.41) is 23.7. The molecule has 7 atom stereocenters. The summed E-state index contributed by atoms with van der Waals surface area (Å²) < 4.78 is 0. The Morgan fingerprint density at radius 2 is 2.04 bits per heavy atom. The van der Waals surface area contributed by atoms with E-state index in [1.54, 1.807) is 0 Å². The second kappa shape index (κ2) is 7.27. The molecule has 0 aromatic heterocycles. The molecule has 1 amide bonds. The molecule has 2 fully saturated rings. The van der Waals surface area contributed by atoms with Gasteiger partial charge in [-0.15, -0.1) is 0 Å². The molecule has 148 valence electrons. The predicted molar refractivity (Wildman–Crippen MR) is 104 cm³/mol. The number of hydrogen-bond donors (Lipinski definition) is 3. The second-order valence-electron chi connectivity index (χ2n) is 8.69. The maximum absolute atomic E-state index is 12.8. The van der Waals surface area contributed by atoms with E-state index >= 15 is 0 Å². The number of aliphatic hydroxyl groups is 2. The minimum absolute atomic E-state index is 0.0872. The molecule has 3 aliphatic rings. The molecule has 5 nitrogen and oxygen atoms in total. The highest BCUT2D eigenvalue weighted by Gasteiger charge is 2.53. The van der Waals surface area contributed by atoms with Crippen molar-refractivity contribution in [1.82, 2.24) is 5.32 Å². The third-order valence-electron chi connectivity index (χ3n) is 6.86. The number of fused-ring (bicyclic) bond motifs is 1. The van der Waals surface area contributed by atoms with Gasteiger partial charge in [0.15, 0.2) is 5.78 Å². The van der Waals surface area contributed by atoms with E-state index in [-0.39, 0.29) is 23.2 Å². The molecule has 1 saturated carbocycles. The Labute approximate surface area is 161 Å². The van der Waals surface area contributed by atoms with Gasteiger partial charge in [-0.3, -0.25) is 9.59 Å². The summed E-state index contributed by atoms with van der Waals surface area (Å²) in [6.07, 6.45) is 10.4. The SMILES string of the molecule is C/C=C/[C@@H]1C=C[C@@H]2C[C@H](C)CC[C@H]2[C@]1(C)/C(O)=C1\C(=O)N[C@@H]([C@H](C)O)C1=O. The number of allylic oxidation sites excluding steroid dienone is 5. The molecular weight excluding hydrogens is 342 g/mol. The van der Waals surface area contributed by atoms with E-state index in [2.05, 4.69) is 24.4 Å². The number of Topliss-reactive ketones (excluding diaryl/α,β-unsaturated/α-hetero) is 1. The standard InChI is InChI=1S/C22H31NO4/c1-5-6-15-9-8-14-11-12(2)7-10-16(14)22(15,4)20(26)17-19(25)18(13(3)24)23-21(17)27/h5-6,8-9,12-16,18,24,26H,7,10-11H2,1-4H3,(H,23,27)/b6-5+,20-17+/t12-,13+,14-,15-,16-,18+,22-/m1/s1. The third kappa shape index (κ3) is 3.16. The molecule has 0 aromatic rings. The minimum atomic E-state index is -1.000. The van der Waals surface area contributed by atoms with Gasteiger partial charge in [0.1, 0.15) is 17.4 Å². The maximum atomic E-state index is 12.8. The normalized spacial score (nSPS) is 42.2. The Hall–Kier alpha value is -1.88. The molecule has 3 rings (SSSR count). The van der Waals surface area contributed by atoms with Crippen LogP contribution in [-0.4, -0.2) is 34.0 Å². The first-order chi connectivity index (χ1) is 12.7. The van der Waals surface area contributed by atoms with Gasteiger partial charge in [0.2, 0.25) is 0 Å². The fourth-order valence-corrected chi connectivity index (χ4v) is 5.28. The monoisotopic (exact) mass is 373 g/mol. The lowest BCUT2D eigenvalue weighted by atomic mass is 9.54. The van der Waals surface area contributed by atoms with Crippen LogP contribution in [0.15, 0.2) is 35.6 Å². The molecule has 0 aromatic carbocycles. The van der Waals surface area contributed by atoms with Crippen LogP contribution in [0.2, 0.25) is 0 Å². The van der Waals surface area contributed by atoms with E-state index in [9.17, 15) is 19.8 Å². The predicted octanol–water partition coefficient (Wildman–Crippen LogP) is 3.07. The maximum Gasteiger partial charge on any atom is 0.259 e. The summed E-state index contributed by atoms with van der Waals surface area (Å²) in [5.41, 5.74) is -0.896. The molecule has 1 aliphatic heterocycles. The van der Waals surface area contributed by atoms with Crippen molar-refractivity contribution < 1.29 is 19.8 Å². The minimum Gasteiger partial charge on any atom is -0.511 e. The molecule has 2 aliphatic carbocycles. The molecular formula is C22H31NO4. The first kappa shape index (κ1) is 19.9. The zero-order valence-electron chi connectivity index (χ0n) is 16.6. The Morgan fingerprint density at radius 3 is 2.63 bits per heavy atom. The highest BCUT2D eigenvalue weighted by molar-refractivity contribution is 6.27. The van der Waals surface area contributed by atoms with E-state index in [4.69, 9.17) is 0 Å². The van der Waals surface area contributed by atoms with Crippen molar-refractivity contribution in [2.24, 2.45) is 29.1 Å². The van der Waals surface area contributed by atoms with E-state index < -0.39 is 29.3 Å². The number of rotatable bonds is 3. The molecule has 0 bridgehead atoms. The zero-order chi connectivity index (χ0) is 19.9. The average Bonchev–Trinajstić information content (AvgIpc) is 2.91. The van der Waals surface area contributed by atoms with Crippen LogP contribution in [0.1, 0.15) is 47.0 Å². The second-order valence-corrected chi connectivity index (χ2v) is 8.69. The first-order valence-corrected chi connectivity index (χ1v) is 9.99. The summed E-state index contributed by atoms with van der Waals surface area (Å²) >= 11 is 0. The van der Waals surface area contributed by atoms with Gasteiger partial charge in [-0.2, -0.15) is 0 Å². The van der Waals surface area contributed by atoms with Crippen molar-refractivity contribution in [2.45, 2.75) is 59.1 Å². The molecule has 1 saturated heterocycles. The van der Waals surface area contributed by atoms with Crippen molar-refractivity contribution in [3.63, 3.8) is 0 Å². The van der Waals surface area contributed by atoms with Crippen molar-refractivity contribution in [3.05, 3.63) is 35.6 Å². The molecule has 0 radical (unpaired) electrons. The lowest BCUT2D eigenvalue weighted by Crippen LogP contribution is -2.45. The van der Waals surface area contributed by atoms with Crippen LogP contribution in [0.25, 0.3) is 0 Å². The average molecular weight is 373 g/mol. The molecule has 5 heteroatoms. The quantitative estimate of drug-likeness (QED) is 0.307. The van der Waals surface area contributed by atoms with Crippen LogP contribution >= 0.6 is 0 Å². The lowest BCUT2D eigenvalue weighted by Gasteiger charge is -2.50. The summed E-state index contributed by atoms with van der Waals surface area (Å²) in [7, 11) is 0. The van der Waals surface area contributed by atoms with Crippen LogP contribution in [0.4, 0.5) is 0 Å². The summed E-state index contributed by atoms with van der Waals surface area (Å²) in [5.74, 6) is -0.179. The largest absolute Gasteiger partial charge is 0.511 e. The summed E-state index contributed by atoms with van der Waals surface area (Å²) in [4.78, 5) is 25.3. The van der Waals surface area contributed by atoms with E-state index in [0.29, 0.717) is 11.8 Å². The van der Waals surface area contributed by atoms with Gasteiger partial charge in [-0.25, -0.2) is 0 Å². The Balaban J connectivity index is 2.11. The highest BCUT2D eigenvalue weighted by Crippen LogP contribution is 2.56. The van der Waals surface area contributed by atoms with E-state index in [0.717, 1.165) is 19.3 Å². The Morgan fingerprint density at radius 1 is 1.33 bits per heavy atom. The van der Waals surface area contributed by atoms with Crippen molar-refractivity contribution >= 4 is 11.7 Å². The Kier molecular flexibility index (Phi) is 5.35. The van der Waals surface area contributed by atoms with Gasteiger partial charge in [0, 0.05) is 11.3 Å². The molecule has 0 unspecified atom stereocenters. The van der Waals surface area contributed by atoms with Crippen LogP contribution in [0.5, 0.6) is 0 Å². The topological polar surface area (TPSA) is 86.6 Å². The molecule has 3 N–H and O–H groups in total. The van der Waals surface area contributed by atoms with Crippen molar-refractivity contribution in [1.29, 1.82) is 0 Å². The lowest BCUT2D eigenvalue weighted by molar-refractivity contribution is -0.118. The van der Waals surface area contributed by atoms with E-state index in [1.807, 2.05) is 26.0 Å². The third-order valence-corrected chi connectivity index (χ3v) is 6.86. The number of ketones is 1. The van der Waals surface area contributed by atoms with Gasteiger partial charge < -0.3 is 15.5 Å². The zero-order valence-corrected chi connectivity index (χ0v) is 16.6. The summed E-state index contributed by atoms with van der Waals surface area (Å²) in [6, 6.07) is -0.986. The van der Waals surface area contributed by atoms with Gasteiger partial charge >= 0.3 is 0 Å². The smallest absolute Gasteiger partial charge is 0.259 e. The molecule has 1 heterocycles. The first-order valence-electron chi connectivity index (χ1n) is 9.99. The van der Waals surface area contributed by atoms with Gasteiger partial charge in [-0.05, 0) is 44.4 Å². The number of carbonyl (C=O) groups is 2. The molecule has 0 spiro atoms. The Bertz CT molecular complexity index is 720. The van der Waals surface area contributed by atoms with Crippen LogP contribution in [0.3, 0.4) is 0 Å². The fraction of sp³-hybridized carbons (Fsp3) is 0.636. The molecule has 27 heavy (non-hydrogen) atoms. The number of hydrogen-bond acceptors (Lipinski definition) is 4. The van der Waals surface area contributed by atoms with Crippen molar-refractivity contribution in [3.8, 4) is 0 Å². The van der Waals surface area contributed by atoms with Crippen LogP contribution < -0.4 is 5.32 Å². The number of amides is 1. The van der Waals surface area contributed by atoms with Gasteiger partial charge in [0.25, 0.3) is 5.91 Å². The van der Waals surface area contributed by atoms with Gasteiger partial charge in [0.05, 0.1) is 6.10 Å². The number of nitrogens with one attached hydrogen (secondary N) is 1. The van der Waals surface area contributed by atoms with Crippen LogP contribution in [-0.2, 0) is 9.59 Å². The number of aliphatic hydroxyl groups excluding tert-OH is 2. The number of carbonyl (C=O) groups excluding carboxylic acids is 2.